The first kappa shape index (κ1) is 16.2. The zero-order valence-corrected chi connectivity index (χ0v) is 13.0. The van der Waals surface area contributed by atoms with Gasteiger partial charge in [-0.25, -0.2) is 9.52 Å². The maximum atomic E-state index is 12.1. The molecule has 19 heavy (non-hydrogen) atoms. The average molecular weight is 291 g/mol. The van der Waals surface area contributed by atoms with Crippen LogP contribution in [0.25, 0.3) is 0 Å². The van der Waals surface area contributed by atoms with Crippen molar-refractivity contribution in [1.29, 1.82) is 0 Å². The normalized spacial score (nSPS) is 18.4. The minimum atomic E-state index is -3.76. The SMILES string of the molecule is CN(C1CCCCC1)S(=O)(=O)NC(=O)NC(C)(C)C. The van der Waals surface area contributed by atoms with Gasteiger partial charge in [-0.15, -0.1) is 0 Å². The first-order valence-electron chi connectivity index (χ1n) is 6.70. The molecule has 0 heterocycles. The smallest absolute Gasteiger partial charge is 0.329 e. The van der Waals surface area contributed by atoms with Gasteiger partial charge in [0, 0.05) is 18.6 Å². The lowest BCUT2D eigenvalue weighted by Gasteiger charge is -2.30. The van der Waals surface area contributed by atoms with Crippen molar-refractivity contribution in [3.8, 4) is 0 Å². The van der Waals surface area contributed by atoms with Crippen LogP contribution in [0, 0.1) is 0 Å². The van der Waals surface area contributed by atoms with Crippen LogP contribution in [-0.2, 0) is 10.2 Å². The summed E-state index contributed by atoms with van der Waals surface area (Å²) < 4.78 is 27.5. The van der Waals surface area contributed by atoms with E-state index >= 15 is 0 Å². The second kappa shape index (κ2) is 6.09. The van der Waals surface area contributed by atoms with Gasteiger partial charge in [-0.3, -0.25) is 0 Å². The highest BCUT2D eigenvalue weighted by Crippen LogP contribution is 2.22. The molecule has 0 bridgehead atoms. The van der Waals surface area contributed by atoms with Gasteiger partial charge in [0.1, 0.15) is 0 Å². The topological polar surface area (TPSA) is 78.5 Å². The molecule has 7 heteroatoms. The van der Waals surface area contributed by atoms with Gasteiger partial charge in [0.05, 0.1) is 0 Å². The summed E-state index contributed by atoms with van der Waals surface area (Å²) in [5.74, 6) is 0. The summed E-state index contributed by atoms with van der Waals surface area (Å²) in [5.41, 5.74) is -0.469. The lowest BCUT2D eigenvalue weighted by atomic mass is 9.96. The Balaban J connectivity index is 2.61. The quantitative estimate of drug-likeness (QED) is 0.829. The van der Waals surface area contributed by atoms with E-state index in [1.807, 2.05) is 0 Å². The molecule has 0 saturated heterocycles. The Labute approximate surface area is 116 Å². The molecule has 0 aromatic carbocycles. The Morgan fingerprint density at radius 1 is 1.16 bits per heavy atom. The number of nitrogens with zero attached hydrogens (tertiary/aromatic N) is 1. The number of urea groups is 1. The van der Waals surface area contributed by atoms with E-state index in [-0.39, 0.29) is 6.04 Å². The molecule has 1 fully saturated rings. The van der Waals surface area contributed by atoms with E-state index in [2.05, 4.69) is 10.0 Å². The Morgan fingerprint density at radius 3 is 2.16 bits per heavy atom. The molecule has 0 aromatic rings. The van der Waals surface area contributed by atoms with Gasteiger partial charge in [-0.1, -0.05) is 19.3 Å². The number of carbonyl (C=O) groups is 1. The molecule has 6 nitrogen and oxygen atoms in total. The van der Waals surface area contributed by atoms with E-state index in [4.69, 9.17) is 0 Å². The minimum Gasteiger partial charge on any atom is -0.333 e. The first-order chi connectivity index (χ1) is 8.62. The van der Waals surface area contributed by atoms with Gasteiger partial charge in [-0.05, 0) is 33.6 Å². The third-order valence-electron chi connectivity index (χ3n) is 3.18. The third-order valence-corrected chi connectivity index (χ3v) is 4.68. The molecule has 1 rings (SSSR count). The van der Waals surface area contributed by atoms with E-state index in [9.17, 15) is 13.2 Å². The van der Waals surface area contributed by atoms with Gasteiger partial charge in [0.2, 0.25) is 0 Å². The fourth-order valence-corrected chi connectivity index (χ4v) is 3.23. The van der Waals surface area contributed by atoms with Crippen LogP contribution < -0.4 is 10.0 Å². The molecule has 1 aliphatic carbocycles. The van der Waals surface area contributed by atoms with E-state index in [0.717, 1.165) is 32.1 Å². The predicted molar refractivity (Wildman–Crippen MR) is 75.0 cm³/mol. The second-order valence-corrected chi connectivity index (χ2v) is 7.85. The van der Waals surface area contributed by atoms with Crippen LogP contribution in [0.1, 0.15) is 52.9 Å². The highest BCUT2D eigenvalue weighted by Gasteiger charge is 2.29. The predicted octanol–water partition coefficient (Wildman–Crippen LogP) is 1.59. The molecule has 0 radical (unpaired) electrons. The van der Waals surface area contributed by atoms with Crippen molar-refractivity contribution in [2.24, 2.45) is 0 Å². The van der Waals surface area contributed by atoms with E-state index in [0.29, 0.717) is 0 Å². The number of rotatable bonds is 3. The van der Waals surface area contributed by atoms with Gasteiger partial charge in [0.25, 0.3) is 0 Å². The fraction of sp³-hybridized carbons (Fsp3) is 0.917. The largest absolute Gasteiger partial charge is 0.333 e. The molecule has 0 atom stereocenters. The van der Waals surface area contributed by atoms with Crippen LogP contribution >= 0.6 is 0 Å². The zero-order valence-electron chi connectivity index (χ0n) is 12.2. The number of hydrogen-bond donors (Lipinski definition) is 2. The monoisotopic (exact) mass is 291 g/mol. The summed E-state index contributed by atoms with van der Waals surface area (Å²) in [6.45, 7) is 5.39. The van der Waals surface area contributed by atoms with Crippen molar-refractivity contribution in [3.05, 3.63) is 0 Å². The molecule has 2 amide bonds. The van der Waals surface area contributed by atoms with Crippen molar-refractivity contribution in [1.82, 2.24) is 14.3 Å². The van der Waals surface area contributed by atoms with Crippen LogP contribution in [0.4, 0.5) is 4.79 Å². The lowest BCUT2D eigenvalue weighted by molar-refractivity contribution is 0.235. The molecule has 0 aromatic heterocycles. The van der Waals surface area contributed by atoms with Crippen molar-refractivity contribution in [3.63, 3.8) is 0 Å². The fourth-order valence-electron chi connectivity index (χ4n) is 2.20. The van der Waals surface area contributed by atoms with E-state index in [1.165, 1.54) is 11.4 Å². The second-order valence-electron chi connectivity index (χ2n) is 6.12. The molecule has 1 saturated carbocycles. The molecule has 112 valence electrons. The Hall–Kier alpha value is -0.820. The Morgan fingerprint density at radius 2 is 1.68 bits per heavy atom. The van der Waals surface area contributed by atoms with Crippen molar-refractivity contribution in [2.75, 3.05) is 7.05 Å². The maximum absolute atomic E-state index is 12.1. The maximum Gasteiger partial charge on any atom is 0.329 e. The minimum absolute atomic E-state index is 0.00585. The number of hydrogen-bond acceptors (Lipinski definition) is 3. The average Bonchev–Trinajstić information content (AvgIpc) is 2.25. The van der Waals surface area contributed by atoms with Gasteiger partial charge in [0.15, 0.2) is 0 Å². The zero-order chi connectivity index (χ0) is 14.7. The highest BCUT2D eigenvalue weighted by atomic mass is 32.2. The van der Waals surface area contributed by atoms with Gasteiger partial charge >= 0.3 is 16.2 Å². The van der Waals surface area contributed by atoms with Gasteiger partial charge < -0.3 is 5.32 Å². The van der Waals surface area contributed by atoms with Gasteiger partial charge in [-0.2, -0.15) is 12.7 Å². The number of nitrogens with one attached hydrogen (secondary N) is 2. The Bertz CT molecular complexity index is 408. The van der Waals surface area contributed by atoms with Crippen molar-refractivity contribution < 1.29 is 13.2 Å². The number of carbonyl (C=O) groups excluding carboxylic acids is 1. The molecular formula is C12H25N3O3S. The first-order valence-corrected chi connectivity index (χ1v) is 8.14. The molecule has 0 aliphatic heterocycles. The van der Waals surface area contributed by atoms with E-state index < -0.39 is 21.8 Å². The summed E-state index contributed by atoms with van der Waals surface area (Å²) in [6, 6.07) is -0.691. The van der Waals surface area contributed by atoms with Crippen molar-refractivity contribution in [2.45, 2.75) is 64.5 Å². The lowest BCUT2D eigenvalue weighted by Crippen LogP contribution is -2.53. The summed E-state index contributed by atoms with van der Waals surface area (Å²) in [4.78, 5) is 11.6. The summed E-state index contributed by atoms with van der Waals surface area (Å²) in [6.07, 6.45) is 4.95. The molecule has 1 aliphatic rings. The third kappa shape index (κ3) is 5.36. The number of amides is 2. The van der Waals surface area contributed by atoms with Crippen LogP contribution in [0.3, 0.4) is 0 Å². The van der Waals surface area contributed by atoms with Crippen LogP contribution in [0.5, 0.6) is 0 Å². The van der Waals surface area contributed by atoms with Crippen molar-refractivity contribution >= 4 is 16.2 Å². The molecule has 0 unspecified atom stereocenters. The Kier molecular flexibility index (Phi) is 5.20. The molecular weight excluding hydrogens is 266 g/mol. The van der Waals surface area contributed by atoms with Crippen LogP contribution in [0.2, 0.25) is 0 Å². The van der Waals surface area contributed by atoms with Crippen LogP contribution in [-0.4, -0.2) is 37.4 Å². The standard InChI is InChI=1S/C12H25N3O3S/c1-12(2,3)13-11(16)14-19(17,18)15(4)10-8-6-5-7-9-10/h10H,5-9H2,1-4H3,(H2,13,14,16). The molecule has 2 N–H and O–H groups in total. The van der Waals surface area contributed by atoms with Crippen LogP contribution in [0.15, 0.2) is 0 Å². The van der Waals surface area contributed by atoms with E-state index in [1.54, 1.807) is 20.8 Å². The summed E-state index contributed by atoms with van der Waals surface area (Å²) >= 11 is 0. The summed E-state index contributed by atoms with van der Waals surface area (Å²) in [7, 11) is -2.23. The highest BCUT2D eigenvalue weighted by molar-refractivity contribution is 7.87. The summed E-state index contributed by atoms with van der Waals surface area (Å²) in [5, 5.41) is 2.58. The molecule has 0 spiro atoms.